The van der Waals surface area contributed by atoms with E-state index < -0.39 is 0 Å². The Labute approximate surface area is 193 Å². The van der Waals surface area contributed by atoms with Crippen LogP contribution >= 0.6 is 0 Å². The number of aryl methyl sites for hydroxylation is 2. The molecule has 6 nitrogen and oxygen atoms in total. The molecule has 0 spiro atoms. The molecule has 2 aromatic carbocycles. The molecule has 0 amide bonds. The van der Waals surface area contributed by atoms with Gasteiger partial charge in [-0.05, 0) is 55.3 Å². The van der Waals surface area contributed by atoms with Crippen molar-refractivity contribution in [3.05, 3.63) is 89.4 Å². The van der Waals surface area contributed by atoms with Crippen molar-refractivity contribution >= 4 is 5.97 Å². The highest BCUT2D eigenvalue weighted by Crippen LogP contribution is 2.26. The largest absolute Gasteiger partial charge is 0.493 e. The van der Waals surface area contributed by atoms with Gasteiger partial charge in [-0.2, -0.15) is 0 Å². The van der Waals surface area contributed by atoms with Crippen molar-refractivity contribution in [2.45, 2.75) is 26.7 Å². The first kappa shape index (κ1) is 22.3. The minimum Gasteiger partial charge on any atom is -0.493 e. The molecule has 0 N–H and O–H groups in total. The lowest BCUT2D eigenvalue weighted by atomic mass is 10.1. The minimum atomic E-state index is -0.274. The summed E-state index contributed by atoms with van der Waals surface area (Å²) in [6.45, 7) is 4.34. The molecule has 0 aliphatic heterocycles. The monoisotopic (exact) mass is 442 g/mol. The van der Waals surface area contributed by atoms with Gasteiger partial charge < -0.3 is 13.9 Å². The molecule has 0 bridgehead atoms. The topological polar surface area (TPSA) is 74.5 Å². The third-order valence-corrected chi connectivity index (χ3v) is 5.41. The molecule has 0 saturated carbocycles. The van der Waals surface area contributed by atoms with Crippen molar-refractivity contribution in [2.24, 2.45) is 0 Å². The van der Waals surface area contributed by atoms with Crippen molar-refractivity contribution in [3.63, 3.8) is 0 Å². The van der Waals surface area contributed by atoms with E-state index in [2.05, 4.69) is 9.97 Å². The van der Waals surface area contributed by atoms with Crippen LogP contribution in [0.4, 0.5) is 0 Å². The number of carbonyl (C=O) groups excluding carboxylic acids is 1. The molecule has 33 heavy (non-hydrogen) atoms. The van der Waals surface area contributed by atoms with Gasteiger partial charge in [0.2, 0.25) is 5.89 Å². The number of benzene rings is 2. The number of oxazole rings is 1. The van der Waals surface area contributed by atoms with Crippen LogP contribution in [-0.2, 0) is 22.4 Å². The molecule has 168 valence electrons. The average Bonchev–Trinajstić information content (AvgIpc) is 3.22. The highest BCUT2D eigenvalue weighted by molar-refractivity contribution is 5.72. The van der Waals surface area contributed by atoms with Crippen LogP contribution < -0.4 is 4.74 Å². The van der Waals surface area contributed by atoms with Crippen LogP contribution in [0.25, 0.3) is 22.7 Å². The van der Waals surface area contributed by atoms with Crippen LogP contribution in [0.3, 0.4) is 0 Å². The van der Waals surface area contributed by atoms with Gasteiger partial charge in [0.25, 0.3) is 0 Å². The lowest BCUT2D eigenvalue weighted by Gasteiger charge is -2.10. The van der Waals surface area contributed by atoms with Crippen LogP contribution in [-0.4, -0.2) is 29.7 Å². The number of methoxy groups -OCH3 is 1. The molecule has 4 aromatic rings. The van der Waals surface area contributed by atoms with E-state index in [1.807, 2.05) is 74.5 Å². The number of nitrogens with zero attached hydrogens (tertiary/aromatic N) is 2. The first-order chi connectivity index (χ1) is 16.0. The number of pyridine rings is 1. The van der Waals surface area contributed by atoms with Crippen molar-refractivity contribution in [1.29, 1.82) is 0 Å². The number of hydrogen-bond acceptors (Lipinski definition) is 6. The molecule has 4 rings (SSSR count). The number of aromatic nitrogens is 2. The fraction of sp³-hybridized carbons (Fsp3) is 0.222. The lowest BCUT2D eigenvalue weighted by molar-refractivity contribution is -0.139. The third-order valence-electron chi connectivity index (χ3n) is 5.41. The van der Waals surface area contributed by atoms with E-state index in [-0.39, 0.29) is 12.4 Å². The summed E-state index contributed by atoms with van der Waals surface area (Å²) in [5.41, 5.74) is 5.61. The Morgan fingerprint density at radius 2 is 1.79 bits per heavy atom. The van der Waals surface area contributed by atoms with Crippen molar-refractivity contribution in [1.82, 2.24) is 9.97 Å². The van der Waals surface area contributed by atoms with E-state index in [0.717, 1.165) is 45.2 Å². The fourth-order valence-corrected chi connectivity index (χ4v) is 3.51. The van der Waals surface area contributed by atoms with Gasteiger partial charge in [0, 0.05) is 23.7 Å². The molecule has 0 unspecified atom stereocenters. The molecule has 0 aliphatic rings. The maximum atomic E-state index is 11.5. The van der Waals surface area contributed by atoms with Gasteiger partial charge in [-0.15, -0.1) is 0 Å². The standard InChI is InChI=1S/C27H26N2O4/c1-18-7-8-20(17-26(30)31-3)16-25(18)32-15-13-23-19(2)33-27(29-23)22-11-9-21(10-12-22)24-6-4-5-14-28-24/h4-12,14,16H,13,15,17H2,1-3H3. The zero-order valence-electron chi connectivity index (χ0n) is 19.0. The lowest BCUT2D eigenvalue weighted by Crippen LogP contribution is -2.07. The Kier molecular flexibility index (Phi) is 6.83. The molecule has 6 heteroatoms. The van der Waals surface area contributed by atoms with Gasteiger partial charge in [-0.3, -0.25) is 9.78 Å². The second-order valence-corrected chi connectivity index (χ2v) is 7.77. The minimum absolute atomic E-state index is 0.220. The fourth-order valence-electron chi connectivity index (χ4n) is 3.51. The first-order valence-corrected chi connectivity index (χ1v) is 10.8. The summed E-state index contributed by atoms with van der Waals surface area (Å²) in [5, 5.41) is 0. The van der Waals surface area contributed by atoms with Crippen molar-refractivity contribution < 1.29 is 18.7 Å². The van der Waals surface area contributed by atoms with E-state index in [1.54, 1.807) is 6.20 Å². The summed E-state index contributed by atoms with van der Waals surface area (Å²) in [5.74, 6) is 1.84. The summed E-state index contributed by atoms with van der Waals surface area (Å²) >= 11 is 0. The predicted molar refractivity (Wildman–Crippen MR) is 126 cm³/mol. The Morgan fingerprint density at radius 1 is 1.00 bits per heavy atom. The molecule has 0 fully saturated rings. The Bertz CT molecular complexity index is 1230. The Hall–Kier alpha value is -3.93. The molecule has 2 heterocycles. The molecular formula is C27H26N2O4. The third kappa shape index (κ3) is 5.47. The second-order valence-electron chi connectivity index (χ2n) is 7.77. The number of carbonyl (C=O) groups is 1. The molecule has 2 aromatic heterocycles. The quantitative estimate of drug-likeness (QED) is 0.342. The van der Waals surface area contributed by atoms with E-state index in [4.69, 9.17) is 13.9 Å². The van der Waals surface area contributed by atoms with Gasteiger partial charge >= 0.3 is 5.97 Å². The highest BCUT2D eigenvalue weighted by atomic mass is 16.5. The number of hydrogen-bond donors (Lipinski definition) is 0. The summed E-state index contributed by atoms with van der Waals surface area (Å²) in [6, 6.07) is 19.6. The van der Waals surface area contributed by atoms with Crippen LogP contribution in [0.5, 0.6) is 5.75 Å². The highest BCUT2D eigenvalue weighted by Gasteiger charge is 2.13. The summed E-state index contributed by atoms with van der Waals surface area (Å²) in [4.78, 5) is 20.6. The number of esters is 1. The predicted octanol–water partition coefficient (Wildman–Crippen LogP) is 5.36. The smallest absolute Gasteiger partial charge is 0.309 e. The van der Waals surface area contributed by atoms with E-state index in [9.17, 15) is 4.79 Å². The van der Waals surface area contributed by atoms with E-state index in [0.29, 0.717) is 18.9 Å². The normalized spacial score (nSPS) is 10.8. The summed E-state index contributed by atoms with van der Waals surface area (Å²) < 4.78 is 16.6. The maximum Gasteiger partial charge on any atom is 0.309 e. The number of rotatable bonds is 8. The van der Waals surface area contributed by atoms with Crippen LogP contribution in [0, 0.1) is 13.8 Å². The Morgan fingerprint density at radius 3 is 2.52 bits per heavy atom. The van der Waals surface area contributed by atoms with Crippen LogP contribution in [0.1, 0.15) is 22.6 Å². The maximum absolute atomic E-state index is 11.5. The van der Waals surface area contributed by atoms with Crippen LogP contribution in [0.2, 0.25) is 0 Å². The van der Waals surface area contributed by atoms with Crippen molar-refractivity contribution in [2.75, 3.05) is 13.7 Å². The second kappa shape index (κ2) is 10.1. The van der Waals surface area contributed by atoms with Gasteiger partial charge in [-0.1, -0.05) is 30.3 Å². The van der Waals surface area contributed by atoms with E-state index in [1.165, 1.54) is 7.11 Å². The zero-order valence-corrected chi connectivity index (χ0v) is 19.0. The van der Waals surface area contributed by atoms with Gasteiger partial charge in [0.1, 0.15) is 11.5 Å². The van der Waals surface area contributed by atoms with E-state index >= 15 is 0 Å². The van der Waals surface area contributed by atoms with Gasteiger partial charge in [0.05, 0.1) is 31.5 Å². The zero-order chi connectivity index (χ0) is 23.2. The van der Waals surface area contributed by atoms with Gasteiger partial charge in [-0.25, -0.2) is 4.98 Å². The molecule has 0 aliphatic carbocycles. The molecule has 0 atom stereocenters. The SMILES string of the molecule is COC(=O)Cc1ccc(C)c(OCCc2nc(-c3ccc(-c4ccccn4)cc3)oc2C)c1. The average molecular weight is 443 g/mol. The summed E-state index contributed by atoms with van der Waals surface area (Å²) in [7, 11) is 1.39. The van der Waals surface area contributed by atoms with Gasteiger partial charge in [0.15, 0.2) is 0 Å². The Balaban J connectivity index is 1.40. The summed E-state index contributed by atoms with van der Waals surface area (Å²) in [6.07, 6.45) is 2.62. The molecule has 0 radical (unpaired) electrons. The number of ether oxygens (including phenoxy) is 2. The van der Waals surface area contributed by atoms with Crippen LogP contribution in [0.15, 0.2) is 71.3 Å². The van der Waals surface area contributed by atoms with Crippen molar-refractivity contribution in [3.8, 4) is 28.5 Å². The first-order valence-electron chi connectivity index (χ1n) is 10.8. The molecular weight excluding hydrogens is 416 g/mol. The molecule has 0 saturated heterocycles.